The van der Waals surface area contributed by atoms with Gasteiger partial charge in [0.05, 0.1) is 13.2 Å². The molecule has 0 saturated carbocycles. The van der Waals surface area contributed by atoms with Crippen molar-refractivity contribution in [1.29, 1.82) is 0 Å². The first-order chi connectivity index (χ1) is 14.5. The number of rotatable bonds is 7. The Labute approximate surface area is 180 Å². The molecule has 0 aliphatic rings. The summed E-state index contributed by atoms with van der Waals surface area (Å²) in [6.45, 7) is 8.96. The SMILES string of the molecule is CCOC(=O)c1c(C)oc(NC(=O)CNC(=O)c2ccc(C(C)(C)C)cc2)c1C(N)=O. The zero-order valence-corrected chi connectivity index (χ0v) is 18.3. The van der Waals surface area contributed by atoms with Crippen molar-refractivity contribution in [2.75, 3.05) is 18.5 Å². The van der Waals surface area contributed by atoms with E-state index in [1.54, 1.807) is 19.1 Å². The third kappa shape index (κ3) is 5.71. The molecule has 1 heterocycles. The van der Waals surface area contributed by atoms with Crippen molar-refractivity contribution in [2.24, 2.45) is 5.73 Å². The topological polar surface area (TPSA) is 141 Å². The van der Waals surface area contributed by atoms with Crippen LogP contribution in [0.1, 0.15) is 70.1 Å². The number of aryl methyl sites for hydroxylation is 1. The van der Waals surface area contributed by atoms with Crippen LogP contribution in [-0.2, 0) is 14.9 Å². The first-order valence-corrected chi connectivity index (χ1v) is 9.74. The normalized spacial score (nSPS) is 11.0. The van der Waals surface area contributed by atoms with Crippen molar-refractivity contribution in [3.63, 3.8) is 0 Å². The number of furan rings is 1. The molecular formula is C22H27N3O6. The Balaban J connectivity index is 2.07. The highest BCUT2D eigenvalue weighted by Gasteiger charge is 2.29. The van der Waals surface area contributed by atoms with Crippen LogP contribution in [0.2, 0.25) is 0 Å². The highest BCUT2D eigenvalue weighted by atomic mass is 16.5. The fourth-order valence-corrected chi connectivity index (χ4v) is 2.87. The molecule has 4 N–H and O–H groups in total. The Bertz CT molecular complexity index is 999. The Morgan fingerprint density at radius 3 is 2.19 bits per heavy atom. The zero-order chi connectivity index (χ0) is 23.3. The molecule has 1 aromatic heterocycles. The Kier molecular flexibility index (Phi) is 7.22. The van der Waals surface area contributed by atoms with Gasteiger partial charge in [0.1, 0.15) is 16.9 Å². The van der Waals surface area contributed by atoms with Crippen molar-refractivity contribution >= 4 is 29.6 Å². The average molecular weight is 429 g/mol. The summed E-state index contributed by atoms with van der Waals surface area (Å²) in [5, 5.41) is 4.85. The van der Waals surface area contributed by atoms with Gasteiger partial charge in [-0.25, -0.2) is 4.79 Å². The molecule has 166 valence electrons. The highest BCUT2D eigenvalue weighted by Crippen LogP contribution is 2.27. The molecule has 0 radical (unpaired) electrons. The van der Waals surface area contributed by atoms with Gasteiger partial charge in [0.15, 0.2) is 0 Å². The number of carbonyl (C=O) groups is 4. The van der Waals surface area contributed by atoms with E-state index in [0.29, 0.717) is 5.56 Å². The number of anilines is 1. The molecule has 2 rings (SSSR count). The summed E-state index contributed by atoms with van der Waals surface area (Å²) < 4.78 is 10.2. The molecule has 0 spiro atoms. The van der Waals surface area contributed by atoms with Crippen LogP contribution in [0.25, 0.3) is 0 Å². The van der Waals surface area contributed by atoms with E-state index in [0.717, 1.165) is 5.56 Å². The second-order valence-electron chi connectivity index (χ2n) is 7.88. The van der Waals surface area contributed by atoms with Gasteiger partial charge >= 0.3 is 5.97 Å². The Morgan fingerprint density at radius 1 is 1.06 bits per heavy atom. The van der Waals surface area contributed by atoms with Crippen LogP contribution < -0.4 is 16.4 Å². The standard InChI is InChI=1S/C22H27N3O6/c1-6-30-21(29)16-12(2)31-20(17(16)18(23)27)25-15(26)11-24-19(28)13-7-9-14(10-8-13)22(3,4)5/h7-10H,6,11H2,1-5H3,(H2,23,27)(H,24,28)(H,25,26). The number of nitrogens with two attached hydrogens (primary N) is 1. The summed E-state index contributed by atoms with van der Waals surface area (Å²) in [6, 6.07) is 7.08. The number of nitrogens with one attached hydrogen (secondary N) is 2. The molecule has 0 bridgehead atoms. The number of hydrogen-bond acceptors (Lipinski definition) is 6. The third-order valence-electron chi connectivity index (χ3n) is 4.49. The maximum absolute atomic E-state index is 12.3. The van der Waals surface area contributed by atoms with Crippen molar-refractivity contribution in [2.45, 2.75) is 40.0 Å². The van der Waals surface area contributed by atoms with Gasteiger partial charge in [-0.15, -0.1) is 0 Å². The summed E-state index contributed by atoms with van der Waals surface area (Å²) >= 11 is 0. The van der Waals surface area contributed by atoms with E-state index in [-0.39, 0.29) is 41.3 Å². The second-order valence-corrected chi connectivity index (χ2v) is 7.88. The average Bonchev–Trinajstić information content (AvgIpc) is 3.01. The molecule has 2 aromatic rings. The highest BCUT2D eigenvalue weighted by molar-refractivity contribution is 6.11. The van der Waals surface area contributed by atoms with Gasteiger partial charge in [-0.1, -0.05) is 32.9 Å². The van der Waals surface area contributed by atoms with Crippen LogP contribution in [0.3, 0.4) is 0 Å². The maximum Gasteiger partial charge on any atom is 0.342 e. The summed E-state index contributed by atoms with van der Waals surface area (Å²) in [6.07, 6.45) is 0. The molecule has 0 saturated heterocycles. The number of benzene rings is 1. The zero-order valence-electron chi connectivity index (χ0n) is 18.3. The van der Waals surface area contributed by atoms with E-state index >= 15 is 0 Å². The number of carbonyl (C=O) groups excluding carboxylic acids is 4. The monoisotopic (exact) mass is 429 g/mol. The Hall–Kier alpha value is -3.62. The molecule has 9 nitrogen and oxygen atoms in total. The Morgan fingerprint density at radius 2 is 1.68 bits per heavy atom. The van der Waals surface area contributed by atoms with Crippen molar-refractivity contribution in [1.82, 2.24) is 5.32 Å². The van der Waals surface area contributed by atoms with Gasteiger partial charge < -0.3 is 20.2 Å². The van der Waals surface area contributed by atoms with Crippen molar-refractivity contribution in [3.05, 3.63) is 52.3 Å². The van der Waals surface area contributed by atoms with Gasteiger partial charge in [-0.2, -0.15) is 0 Å². The van der Waals surface area contributed by atoms with Crippen molar-refractivity contribution < 1.29 is 28.3 Å². The van der Waals surface area contributed by atoms with E-state index in [1.165, 1.54) is 6.92 Å². The molecular weight excluding hydrogens is 402 g/mol. The number of primary amides is 1. The van der Waals surface area contributed by atoms with Gasteiger partial charge in [0, 0.05) is 5.56 Å². The van der Waals surface area contributed by atoms with Crippen LogP contribution in [0.5, 0.6) is 0 Å². The third-order valence-corrected chi connectivity index (χ3v) is 4.49. The van der Waals surface area contributed by atoms with Crippen LogP contribution in [0, 0.1) is 6.92 Å². The quantitative estimate of drug-likeness (QED) is 0.578. The van der Waals surface area contributed by atoms with E-state index < -0.39 is 23.7 Å². The van der Waals surface area contributed by atoms with Gasteiger partial charge in [-0.3, -0.25) is 19.7 Å². The van der Waals surface area contributed by atoms with Gasteiger partial charge in [-0.05, 0) is 37.0 Å². The lowest BCUT2D eigenvalue weighted by atomic mass is 9.87. The minimum atomic E-state index is -0.960. The fourth-order valence-electron chi connectivity index (χ4n) is 2.87. The van der Waals surface area contributed by atoms with E-state index in [4.69, 9.17) is 14.9 Å². The molecule has 3 amide bonds. The van der Waals surface area contributed by atoms with Crippen molar-refractivity contribution in [3.8, 4) is 0 Å². The van der Waals surface area contributed by atoms with Crippen LogP contribution in [-0.4, -0.2) is 36.8 Å². The lowest BCUT2D eigenvalue weighted by molar-refractivity contribution is -0.115. The largest absolute Gasteiger partial charge is 0.462 e. The van der Waals surface area contributed by atoms with Crippen LogP contribution in [0.4, 0.5) is 5.88 Å². The second kappa shape index (κ2) is 9.46. The predicted octanol–water partition coefficient (Wildman–Crippen LogP) is 2.53. The van der Waals surface area contributed by atoms with Gasteiger partial charge in [0.25, 0.3) is 11.8 Å². The lowest BCUT2D eigenvalue weighted by Crippen LogP contribution is -2.33. The molecule has 0 aliphatic carbocycles. The minimum Gasteiger partial charge on any atom is -0.462 e. The molecule has 1 aromatic carbocycles. The van der Waals surface area contributed by atoms with E-state index in [1.807, 2.05) is 12.1 Å². The number of esters is 1. The molecule has 0 fully saturated rings. The first kappa shape index (κ1) is 23.7. The minimum absolute atomic E-state index is 0.0450. The summed E-state index contributed by atoms with van der Waals surface area (Å²) in [5.41, 5.74) is 6.35. The fraction of sp³-hybridized carbons (Fsp3) is 0.364. The number of ether oxygens (including phenoxy) is 1. The molecule has 0 unspecified atom stereocenters. The molecule has 0 atom stereocenters. The van der Waals surface area contributed by atoms with Gasteiger partial charge in [0.2, 0.25) is 11.8 Å². The first-order valence-electron chi connectivity index (χ1n) is 9.74. The maximum atomic E-state index is 12.3. The summed E-state index contributed by atoms with van der Waals surface area (Å²) in [4.78, 5) is 48.5. The van der Waals surface area contributed by atoms with Crippen LogP contribution >= 0.6 is 0 Å². The lowest BCUT2D eigenvalue weighted by Gasteiger charge is -2.19. The molecule has 31 heavy (non-hydrogen) atoms. The number of hydrogen-bond donors (Lipinski definition) is 3. The predicted molar refractivity (Wildman–Crippen MR) is 114 cm³/mol. The summed E-state index contributed by atoms with van der Waals surface area (Å²) in [5.74, 6) is -3.05. The number of amides is 3. The molecule has 0 aliphatic heterocycles. The smallest absolute Gasteiger partial charge is 0.342 e. The van der Waals surface area contributed by atoms with Crippen LogP contribution in [0.15, 0.2) is 28.7 Å². The molecule has 9 heteroatoms. The summed E-state index contributed by atoms with van der Waals surface area (Å²) in [7, 11) is 0. The van der Waals surface area contributed by atoms with E-state index in [2.05, 4.69) is 31.4 Å². The van der Waals surface area contributed by atoms with E-state index in [9.17, 15) is 19.2 Å².